The summed E-state index contributed by atoms with van der Waals surface area (Å²) in [5, 5.41) is 11.6. The Labute approximate surface area is 144 Å². The third-order valence-electron chi connectivity index (χ3n) is 3.22. The molecule has 0 bridgehead atoms. The SMILES string of the molecule is CSCCC(NC(=O)c1ccc(COc2ccccc2)o1)C(=O)O. The van der Waals surface area contributed by atoms with Crippen LogP contribution >= 0.6 is 11.8 Å². The zero-order valence-electron chi connectivity index (χ0n) is 13.2. The molecule has 6 nitrogen and oxygen atoms in total. The van der Waals surface area contributed by atoms with E-state index in [9.17, 15) is 9.59 Å². The molecule has 2 rings (SSSR count). The van der Waals surface area contributed by atoms with E-state index in [1.54, 1.807) is 6.07 Å². The van der Waals surface area contributed by atoms with E-state index in [1.807, 2.05) is 36.6 Å². The number of nitrogens with one attached hydrogen (secondary N) is 1. The number of amides is 1. The predicted octanol–water partition coefficient (Wildman–Crippen LogP) is 2.79. The molecular formula is C17H19NO5S. The number of carboxylic acids is 1. The number of para-hydroxylation sites is 1. The first kappa shape index (κ1) is 17.9. The molecule has 0 fully saturated rings. The smallest absolute Gasteiger partial charge is 0.326 e. The molecule has 0 aliphatic heterocycles. The standard InChI is InChI=1S/C17H19NO5S/c1-24-10-9-14(17(20)21)18-16(19)15-8-7-13(23-15)11-22-12-5-3-2-4-6-12/h2-8,14H,9-11H2,1H3,(H,18,19)(H,20,21). The molecule has 1 aromatic heterocycles. The van der Waals surface area contributed by atoms with Gasteiger partial charge in [0, 0.05) is 0 Å². The van der Waals surface area contributed by atoms with Gasteiger partial charge in [0.1, 0.15) is 24.2 Å². The number of benzene rings is 1. The summed E-state index contributed by atoms with van der Waals surface area (Å²) in [6.07, 6.45) is 2.24. The second kappa shape index (κ2) is 9.02. The minimum Gasteiger partial charge on any atom is -0.486 e. The summed E-state index contributed by atoms with van der Waals surface area (Å²) in [6.45, 7) is 0.187. The van der Waals surface area contributed by atoms with Crippen LogP contribution in [0, 0.1) is 0 Å². The molecule has 0 aliphatic rings. The second-order valence-electron chi connectivity index (χ2n) is 5.01. The first-order valence-corrected chi connectivity index (χ1v) is 8.78. The van der Waals surface area contributed by atoms with Crippen LogP contribution in [0.5, 0.6) is 5.75 Å². The molecule has 2 aromatic rings. The van der Waals surface area contributed by atoms with E-state index in [4.69, 9.17) is 14.3 Å². The van der Waals surface area contributed by atoms with Crippen LogP contribution in [-0.2, 0) is 11.4 Å². The van der Waals surface area contributed by atoms with Crippen molar-refractivity contribution in [3.05, 3.63) is 54.0 Å². The molecule has 0 radical (unpaired) electrons. The maximum absolute atomic E-state index is 12.1. The van der Waals surface area contributed by atoms with E-state index in [0.717, 1.165) is 0 Å². The fraction of sp³-hybridized carbons (Fsp3) is 0.294. The third kappa shape index (κ3) is 5.34. The number of hydrogen-bond acceptors (Lipinski definition) is 5. The zero-order valence-corrected chi connectivity index (χ0v) is 14.0. The molecule has 1 heterocycles. The zero-order chi connectivity index (χ0) is 17.4. The van der Waals surface area contributed by atoms with Crippen LogP contribution in [0.4, 0.5) is 0 Å². The summed E-state index contributed by atoms with van der Waals surface area (Å²) in [4.78, 5) is 23.3. The Morgan fingerprint density at radius 3 is 2.67 bits per heavy atom. The summed E-state index contributed by atoms with van der Waals surface area (Å²) >= 11 is 1.52. The van der Waals surface area contributed by atoms with E-state index < -0.39 is 17.9 Å². The Kier molecular flexibility index (Phi) is 6.74. The molecule has 0 saturated carbocycles. The molecule has 1 aromatic carbocycles. The van der Waals surface area contributed by atoms with Gasteiger partial charge in [-0.2, -0.15) is 11.8 Å². The summed E-state index contributed by atoms with van der Waals surface area (Å²) in [5.74, 6) is 0.289. The van der Waals surface area contributed by atoms with E-state index in [1.165, 1.54) is 17.8 Å². The lowest BCUT2D eigenvalue weighted by molar-refractivity contribution is -0.139. The average molecular weight is 349 g/mol. The van der Waals surface area contributed by atoms with E-state index >= 15 is 0 Å². The number of carbonyl (C=O) groups excluding carboxylic acids is 1. The molecule has 7 heteroatoms. The van der Waals surface area contributed by atoms with Crippen molar-refractivity contribution in [2.24, 2.45) is 0 Å². The van der Waals surface area contributed by atoms with Gasteiger partial charge in [-0.05, 0) is 42.7 Å². The van der Waals surface area contributed by atoms with Gasteiger partial charge in [-0.15, -0.1) is 0 Å². The van der Waals surface area contributed by atoms with Gasteiger partial charge in [-0.1, -0.05) is 18.2 Å². The molecule has 0 aliphatic carbocycles. The van der Waals surface area contributed by atoms with Gasteiger partial charge in [0.25, 0.3) is 5.91 Å². The number of furan rings is 1. The number of thioether (sulfide) groups is 1. The fourth-order valence-corrected chi connectivity index (χ4v) is 2.44. The van der Waals surface area contributed by atoms with Crippen LogP contribution in [0.3, 0.4) is 0 Å². The number of rotatable bonds is 9. The normalized spacial score (nSPS) is 11.7. The highest BCUT2D eigenvalue weighted by Gasteiger charge is 2.22. The molecule has 24 heavy (non-hydrogen) atoms. The molecule has 128 valence electrons. The number of carbonyl (C=O) groups is 2. The Morgan fingerprint density at radius 1 is 1.25 bits per heavy atom. The van der Waals surface area contributed by atoms with Crippen LogP contribution < -0.4 is 10.1 Å². The number of hydrogen-bond donors (Lipinski definition) is 2. The van der Waals surface area contributed by atoms with E-state index in [-0.39, 0.29) is 12.4 Å². The number of aliphatic carboxylic acids is 1. The van der Waals surface area contributed by atoms with Crippen LogP contribution in [-0.4, -0.2) is 35.0 Å². The maximum atomic E-state index is 12.1. The average Bonchev–Trinajstić information content (AvgIpc) is 3.06. The van der Waals surface area contributed by atoms with Crippen molar-refractivity contribution in [1.29, 1.82) is 0 Å². The van der Waals surface area contributed by atoms with Crippen LogP contribution in [0.1, 0.15) is 22.7 Å². The lowest BCUT2D eigenvalue weighted by Gasteiger charge is -2.12. The summed E-state index contributed by atoms with van der Waals surface area (Å²) < 4.78 is 11.0. The monoisotopic (exact) mass is 349 g/mol. The summed E-state index contributed by atoms with van der Waals surface area (Å²) in [7, 11) is 0. The minimum atomic E-state index is -1.06. The van der Waals surface area contributed by atoms with Crippen molar-refractivity contribution in [2.45, 2.75) is 19.1 Å². The first-order chi connectivity index (χ1) is 11.6. The van der Waals surface area contributed by atoms with E-state index in [0.29, 0.717) is 23.7 Å². The predicted molar refractivity (Wildman–Crippen MR) is 91.4 cm³/mol. The van der Waals surface area contributed by atoms with Crippen LogP contribution in [0.25, 0.3) is 0 Å². The van der Waals surface area contributed by atoms with Crippen molar-refractivity contribution in [3.63, 3.8) is 0 Å². The number of ether oxygens (including phenoxy) is 1. The molecule has 1 unspecified atom stereocenters. The Morgan fingerprint density at radius 2 is 2.00 bits per heavy atom. The van der Waals surface area contributed by atoms with Gasteiger partial charge < -0.3 is 19.6 Å². The van der Waals surface area contributed by atoms with Crippen molar-refractivity contribution >= 4 is 23.6 Å². The van der Waals surface area contributed by atoms with Gasteiger partial charge in [0.2, 0.25) is 0 Å². The van der Waals surface area contributed by atoms with Gasteiger partial charge in [-0.3, -0.25) is 4.79 Å². The van der Waals surface area contributed by atoms with Crippen LogP contribution in [0.2, 0.25) is 0 Å². The van der Waals surface area contributed by atoms with E-state index in [2.05, 4.69) is 5.32 Å². The van der Waals surface area contributed by atoms with Gasteiger partial charge in [-0.25, -0.2) is 4.79 Å². The highest BCUT2D eigenvalue weighted by atomic mass is 32.2. The lowest BCUT2D eigenvalue weighted by Crippen LogP contribution is -2.41. The van der Waals surface area contributed by atoms with Crippen molar-refractivity contribution < 1.29 is 23.8 Å². The topological polar surface area (TPSA) is 88.8 Å². The van der Waals surface area contributed by atoms with Crippen molar-refractivity contribution in [3.8, 4) is 5.75 Å². The van der Waals surface area contributed by atoms with Gasteiger partial charge in [0.05, 0.1) is 0 Å². The van der Waals surface area contributed by atoms with Crippen LogP contribution in [0.15, 0.2) is 46.9 Å². The fourth-order valence-electron chi connectivity index (χ4n) is 1.97. The lowest BCUT2D eigenvalue weighted by atomic mass is 10.2. The largest absolute Gasteiger partial charge is 0.486 e. The van der Waals surface area contributed by atoms with Gasteiger partial charge in [0.15, 0.2) is 5.76 Å². The van der Waals surface area contributed by atoms with Crippen molar-refractivity contribution in [2.75, 3.05) is 12.0 Å². The molecular weight excluding hydrogens is 330 g/mol. The molecule has 0 spiro atoms. The Balaban J connectivity index is 1.91. The van der Waals surface area contributed by atoms with Gasteiger partial charge >= 0.3 is 5.97 Å². The first-order valence-electron chi connectivity index (χ1n) is 7.39. The molecule has 2 N–H and O–H groups in total. The highest BCUT2D eigenvalue weighted by molar-refractivity contribution is 7.98. The summed E-state index contributed by atoms with van der Waals surface area (Å²) in [5.41, 5.74) is 0. The summed E-state index contributed by atoms with van der Waals surface area (Å²) in [6, 6.07) is 11.5. The Hall–Kier alpha value is -2.41. The molecule has 1 amide bonds. The number of carboxylic acid groups (broad SMARTS) is 1. The quantitative estimate of drug-likeness (QED) is 0.724. The molecule has 0 saturated heterocycles. The van der Waals surface area contributed by atoms with Crippen molar-refractivity contribution in [1.82, 2.24) is 5.32 Å². The maximum Gasteiger partial charge on any atom is 0.326 e. The minimum absolute atomic E-state index is 0.0667. The molecule has 1 atom stereocenters. The second-order valence-corrected chi connectivity index (χ2v) is 6.00. The highest BCUT2D eigenvalue weighted by Crippen LogP contribution is 2.14. The third-order valence-corrected chi connectivity index (χ3v) is 3.87. The Bertz CT molecular complexity index is 671.